The predicted molar refractivity (Wildman–Crippen MR) is 65.1 cm³/mol. The number of hydrogen-bond donors (Lipinski definition) is 2. The SMILES string of the molecule is O=C(Nc1ccccc1)O[C@@H]1CC[C@H](O)C[C@H]1F. The third-order valence-corrected chi connectivity index (χ3v) is 2.96. The van der Waals surface area contributed by atoms with Gasteiger partial charge in [-0.25, -0.2) is 9.18 Å². The molecule has 1 fully saturated rings. The Hall–Kier alpha value is -1.62. The van der Waals surface area contributed by atoms with Crippen LogP contribution < -0.4 is 5.32 Å². The van der Waals surface area contributed by atoms with Gasteiger partial charge in [0, 0.05) is 12.1 Å². The topological polar surface area (TPSA) is 58.6 Å². The standard InChI is InChI=1S/C13H16FNO3/c14-11-8-10(16)6-7-12(11)18-13(17)15-9-4-2-1-3-5-9/h1-5,10-12,16H,6-8H2,(H,15,17)/t10-,11+,12+/m0/s1. The van der Waals surface area contributed by atoms with Crippen molar-refractivity contribution in [3.63, 3.8) is 0 Å². The number of halogens is 1. The first-order valence-electron chi connectivity index (χ1n) is 6.00. The highest BCUT2D eigenvalue weighted by molar-refractivity contribution is 5.84. The van der Waals surface area contributed by atoms with Gasteiger partial charge in [0.05, 0.1) is 6.10 Å². The highest BCUT2D eigenvalue weighted by Crippen LogP contribution is 2.24. The molecule has 4 nitrogen and oxygen atoms in total. The Labute approximate surface area is 105 Å². The Bertz CT molecular complexity index is 398. The molecule has 98 valence electrons. The Morgan fingerprint density at radius 1 is 1.33 bits per heavy atom. The zero-order valence-corrected chi connectivity index (χ0v) is 9.88. The van der Waals surface area contributed by atoms with Crippen molar-refractivity contribution in [2.75, 3.05) is 5.32 Å². The summed E-state index contributed by atoms with van der Waals surface area (Å²) in [5.41, 5.74) is 0.605. The molecular weight excluding hydrogens is 237 g/mol. The number of aliphatic hydroxyl groups excluding tert-OH is 1. The van der Waals surface area contributed by atoms with Gasteiger partial charge >= 0.3 is 6.09 Å². The molecule has 2 N–H and O–H groups in total. The van der Waals surface area contributed by atoms with E-state index in [0.29, 0.717) is 18.5 Å². The summed E-state index contributed by atoms with van der Waals surface area (Å²) in [5, 5.41) is 11.8. The highest BCUT2D eigenvalue weighted by Gasteiger charge is 2.32. The number of benzene rings is 1. The van der Waals surface area contributed by atoms with Crippen LogP contribution in [0.1, 0.15) is 19.3 Å². The van der Waals surface area contributed by atoms with Gasteiger partial charge in [0.15, 0.2) is 0 Å². The zero-order valence-electron chi connectivity index (χ0n) is 9.88. The van der Waals surface area contributed by atoms with E-state index in [1.807, 2.05) is 6.07 Å². The van der Waals surface area contributed by atoms with E-state index in [4.69, 9.17) is 4.74 Å². The Kier molecular flexibility index (Phi) is 4.15. The normalized spacial score (nSPS) is 27.6. The Morgan fingerprint density at radius 3 is 2.72 bits per heavy atom. The lowest BCUT2D eigenvalue weighted by molar-refractivity contribution is -0.0162. The van der Waals surface area contributed by atoms with Crippen LogP contribution in [-0.2, 0) is 4.74 Å². The van der Waals surface area contributed by atoms with Crippen molar-refractivity contribution < 1.29 is 19.0 Å². The first kappa shape index (κ1) is 12.8. The van der Waals surface area contributed by atoms with Crippen LogP contribution in [0.2, 0.25) is 0 Å². The number of amides is 1. The van der Waals surface area contributed by atoms with E-state index in [1.165, 1.54) is 0 Å². The first-order valence-corrected chi connectivity index (χ1v) is 6.00. The number of nitrogens with one attached hydrogen (secondary N) is 1. The average molecular weight is 253 g/mol. The van der Waals surface area contributed by atoms with E-state index in [1.54, 1.807) is 24.3 Å². The second-order valence-electron chi connectivity index (χ2n) is 4.42. The van der Waals surface area contributed by atoms with Gasteiger partial charge in [0.2, 0.25) is 0 Å². The van der Waals surface area contributed by atoms with Crippen molar-refractivity contribution in [3.8, 4) is 0 Å². The second-order valence-corrected chi connectivity index (χ2v) is 4.42. The smallest absolute Gasteiger partial charge is 0.411 e. The summed E-state index contributed by atoms with van der Waals surface area (Å²) in [6.45, 7) is 0. The number of alkyl halides is 1. The van der Waals surface area contributed by atoms with Crippen molar-refractivity contribution in [3.05, 3.63) is 30.3 Å². The highest BCUT2D eigenvalue weighted by atomic mass is 19.1. The van der Waals surface area contributed by atoms with Crippen molar-refractivity contribution in [1.82, 2.24) is 0 Å². The van der Waals surface area contributed by atoms with E-state index < -0.39 is 24.5 Å². The molecule has 0 saturated heterocycles. The summed E-state index contributed by atoms with van der Waals surface area (Å²) in [4.78, 5) is 11.5. The fraction of sp³-hybridized carbons (Fsp3) is 0.462. The van der Waals surface area contributed by atoms with Crippen LogP contribution in [0.4, 0.5) is 14.9 Å². The van der Waals surface area contributed by atoms with E-state index in [9.17, 15) is 14.3 Å². The third kappa shape index (κ3) is 3.43. The minimum atomic E-state index is -1.30. The van der Waals surface area contributed by atoms with Gasteiger partial charge in [-0.05, 0) is 25.0 Å². The van der Waals surface area contributed by atoms with Crippen LogP contribution in [-0.4, -0.2) is 29.6 Å². The number of carbonyl (C=O) groups is 1. The molecule has 5 heteroatoms. The van der Waals surface area contributed by atoms with Crippen molar-refractivity contribution in [1.29, 1.82) is 0 Å². The molecule has 0 heterocycles. The number of aliphatic hydroxyl groups is 1. The van der Waals surface area contributed by atoms with Gasteiger partial charge in [-0.1, -0.05) is 18.2 Å². The molecule has 0 bridgehead atoms. The molecule has 1 amide bonds. The Balaban J connectivity index is 1.84. The molecule has 3 atom stereocenters. The maximum Gasteiger partial charge on any atom is 0.411 e. The molecule has 2 rings (SSSR count). The third-order valence-electron chi connectivity index (χ3n) is 2.96. The van der Waals surface area contributed by atoms with Gasteiger partial charge < -0.3 is 9.84 Å². The van der Waals surface area contributed by atoms with E-state index in [-0.39, 0.29) is 6.42 Å². The van der Waals surface area contributed by atoms with Crippen molar-refractivity contribution >= 4 is 11.8 Å². The summed E-state index contributed by atoms with van der Waals surface area (Å²) < 4.78 is 18.6. The summed E-state index contributed by atoms with van der Waals surface area (Å²) in [7, 11) is 0. The lowest BCUT2D eigenvalue weighted by Gasteiger charge is -2.28. The molecule has 0 radical (unpaired) electrons. The molecule has 1 saturated carbocycles. The second kappa shape index (κ2) is 5.82. The summed E-state index contributed by atoms with van der Waals surface area (Å²) in [5.74, 6) is 0. The molecule has 1 aliphatic carbocycles. The maximum atomic E-state index is 13.5. The zero-order chi connectivity index (χ0) is 13.0. The van der Waals surface area contributed by atoms with Crippen LogP contribution >= 0.6 is 0 Å². The molecule has 18 heavy (non-hydrogen) atoms. The van der Waals surface area contributed by atoms with Gasteiger partial charge in [-0.15, -0.1) is 0 Å². The van der Waals surface area contributed by atoms with Crippen molar-refractivity contribution in [2.24, 2.45) is 0 Å². The molecule has 0 unspecified atom stereocenters. The predicted octanol–water partition coefficient (Wildman–Crippen LogP) is 2.49. The van der Waals surface area contributed by atoms with Crippen LogP contribution in [0, 0.1) is 0 Å². The summed E-state index contributed by atoms with van der Waals surface area (Å²) in [6.07, 6.45) is -2.51. The number of carbonyl (C=O) groups excluding carboxylic acids is 1. The number of ether oxygens (including phenoxy) is 1. The van der Waals surface area contributed by atoms with E-state index >= 15 is 0 Å². The lowest BCUT2D eigenvalue weighted by atomic mass is 9.93. The van der Waals surface area contributed by atoms with Crippen LogP contribution in [0.25, 0.3) is 0 Å². The van der Waals surface area contributed by atoms with Crippen LogP contribution in [0.5, 0.6) is 0 Å². The monoisotopic (exact) mass is 253 g/mol. The molecular formula is C13H16FNO3. The lowest BCUT2D eigenvalue weighted by Crippen LogP contribution is -2.37. The van der Waals surface area contributed by atoms with Gasteiger partial charge in [0.25, 0.3) is 0 Å². The maximum absolute atomic E-state index is 13.5. The van der Waals surface area contributed by atoms with Crippen molar-refractivity contribution in [2.45, 2.75) is 37.6 Å². The first-order chi connectivity index (χ1) is 8.65. The largest absolute Gasteiger partial charge is 0.443 e. The Morgan fingerprint density at radius 2 is 2.06 bits per heavy atom. The molecule has 1 aromatic rings. The molecule has 0 aliphatic heterocycles. The molecule has 0 aromatic heterocycles. The van der Waals surface area contributed by atoms with Crippen LogP contribution in [0.3, 0.4) is 0 Å². The van der Waals surface area contributed by atoms with E-state index in [0.717, 1.165) is 0 Å². The number of anilines is 1. The number of rotatable bonds is 2. The minimum Gasteiger partial charge on any atom is -0.443 e. The quantitative estimate of drug-likeness (QED) is 0.851. The summed E-state index contributed by atoms with van der Waals surface area (Å²) in [6, 6.07) is 8.84. The fourth-order valence-corrected chi connectivity index (χ4v) is 2.01. The molecule has 1 aromatic carbocycles. The van der Waals surface area contributed by atoms with Crippen LogP contribution in [0.15, 0.2) is 30.3 Å². The van der Waals surface area contributed by atoms with Gasteiger partial charge in [-0.3, -0.25) is 5.32 Å². The number of hydrogen-bond acceptors (Lipinski definition) is 3. The average Bonchev–Trinajstić information content (AvgIpc) is 2.34. The fourth-order valence-electron chi connectivity index (χ4n) is 2.01. The molecule has 0 spiro atoms. The van der Waals surface area contributed by atoms with Gasteiger partial charge in [0.1, 0.15) is 12.3 Å². The minimum absolute atomic E-state index is 0.0310. The molecule has 1 aliphatic rings. The summed E-state index contributed by atoms with van der Waals surface area (Å²) >= 11 is 0. The van der Waals surface area contributed by atoms with E-state index in [2.05, 4.69) is 5.32 Å². The van der Waals surface area contributed by atoms with Gasteiger partial charge in [-0.2, -0.15) is 0 Å². The number of para-hydroxylation sites is 1.